The van der Waals surface area contributed by atoms with E-state index < -0.39 is 4.92 Å². The molecule has 1 aliphatic heterocycles. The lowest BCUT2D eigenvalue weighted by atomic mass is 10.1. The smallest absolute Gasteiger partial charge is 0.313 e. The predicted octanol–water partition coefficient (Wildman–Crippen LogP) is 2.96. The zero-order valence-electron chi connectivity index (χ0n) is 9.65. The van der Waals surface area contributed by atoms with Crippen molar-refractivity contribution in [3.63, 3.8) is 0 Å². The van der Waals surface area contributed by atoms with Gasteiger partial charge in [-0.3, -0.25) is 10.1 Å². The first-order chi connectivity index (χ1) is 8.29. The fourth-order valence-electron chi connectivity index (χ4n) is 1.94. The molecule has 0 spiro atoms. The summed E-state index contributed by atoms with van der Waals surface area (Å²) in [7, 11) is 0. The summed E-state index contributed by atoms with van der Waals surface area (Å²) in [6.45, 7) is 1.37. The van der Waals surface area contributed by atoms with Crippen molar-refractivity contribution >= 4 is 11.4 Å². The highest BCUT2D eigenvalue weighted by atomic mass is 16.6. The Morgan fingerprint density at radius 1 is 1.24 bits per heavy atom. The lowest BCUT2D eigenvalue weighted by Crippen LogP contribution is -2.09. The molecule has 5 heteroatoms. The number of nitrogens with one attached hydrogen (secondary N) is 1. The summed E-state index contributed by atoms with van der Waals surface area (Å²) in [5.74, 6) is 0.374. The van der Waals surface area contributed by atoms with Gasteiger partial charge in [0.05, 0.1) is 17.2 Å². The number of hydrogen-bond donors (Lipinski definition) is 1. The molecule has 0 aromatic heterocycles. The normalized spacial score (nSPS) is 16.2. The van der Waals surface area contributed by atoms with E-state index >= 15 is 0 Å². The van der Waals surface area contributed by atoms with Crippen LogP contribution in [-0.2, 0) is 0 Å². The summed E-state index contributed by atoms with van der Waals surface area (Å²) in [6, 6.07) is 4.98. The number of nitro benzene ring substituents is 1. The number of fused-ring (bicyclic) bond motifs is 1. The number of benzene rings is 1. The second kappa shape index (κ2) is 5.52. The number of nitrogens with zero attached hydrogens (tertiary/aromatic N) is 1. The number of ether oxygens (including phenoxy) is 1. The van der Waals surface area contributed by atoms with Gasteiger partial charge in [-0.05, 0) is 18.9 Å². The molecule has 1 aliphatic rings. The van der Waals surface area contributed by atoms with Crippen molar-refractivity contribution in [2.24, 2.45) is 0 Å². The predicted molar refractivity (Wildman–Crippen MR) is 65.5 cm³/mol. The van der Waals surface area contributed by atoms with Gasteiger partial charge in [-0.2, -0.15) is 0 Å². The summed E-state index contributed by atoms with van der Waals surface area (Å²) in [5, 5.41) is 14.1. The average Bonchev–Trinajstić information content (AvgIpc) is 2.34. The van der Waals surface area contributed by atoms with Crippen LogP contribution in [-0.4, -0.2) is 18.1 Å². The molecule has 1 N–H and O–H groups in total. The second-order valence-corrected chi connectivity index (χ2v) is 4.10. The van der Waals surface area contributed by atoms with Crippen LogP contribution in [0.4, 0.5) is 11.4 Å². The van der Waals surface area contributed by atoms with Crippen molar-refractivity contribution in [1.82, 2.24) is 0 Å². The average molecular weight is 236 g/mol. The molecule has 0 unspecified atom stereocenters. The van der Waals surface area contributed by atoms with Gasteiger partial charge in [0.2, 0.25) is 5.75 Å². The van der Waals surface area contributed by atoms with Crippen LogP contribution in [0, 0.1) is 10.1 Å². The van der Waals surface area contributed by atoms with Gasteiger partial charge in [0, 0.05) is 12.6 Å². The van der Waals surface area contributed by atoms with Gasteiger partial charge in [-0.15, -0.1) is 0 Å². The van der Waals surface area contributed by atoms with Gasteiger partial charge >= 0.3 is 5.69 Å². The summed E-state index contributed by atoms with van der Waals surface area (Å²) in [6.07, 6.45) is 4.31. The molecule has 0 atom stereocenters. The van der Waals surface area contributed by atoms with Crippen molar-refractivity contribution in [3.8, 4) is 5.75 Å². The van der Waals surface area contributed by atoms with E-state index in [1.165, 1.54) is 12.5 Å². The summed E-state index contributed by atoms with van der Waals surface area (Å²) in [5.41, 5.74) is 0.761. The molecule has 1 heterocycles. The van der Waals surface area contributed by atoms with E-state index in [1.54, 1.807) is 6.07 Å². The maximum atomic E-state index is 10.9. The molecule has 0 saturated carbocycles. The molecule has 17 heavy (non-hydrogen) atoms. The van der Waals surface area contributed by atoms with E-state index in [2.05, 4.69) is 5.32 Å². The van der Waals surface area contributed by atoms with Gasteiger partial charge in [0.15, 0.2) is 0 Å². The Labute approximate surface area is 99.9 Å². The molecule has 0 fully saturated rings. The highest BCUT2D eigenvalue weighted by Gasteiger charge is 2.19. The topological polar surface area (TPSA) is 64.4 Å². The Balaban J connectivity index is 2.30. The summed E-state index contributed by atoms with van der Waals surface area (Å²) >= 11 is 0. The van der Waals surface area contributed by atoms with Crippen LogP contribution in [0.1, 0.15) is 25.7 Å². The van der Waals surface area contributed by atoms with E-state index in [4.69, 9.17) is 4.74 Å². The number of anilines is 1. The molecule has 0 aliphatic carbocycles. The van der Waals surface area contributed by atoms with Crippen LogP contribution < -0.4 is 10.1 Å². The molecular weight excluding hydrogens is 220 g/mol. The maximum Gasteiger partial charge on any atom is 0.313 e. The van der Waals surface area contributed by atoms with Crippen molar-refractivity contribution in [2.45, 2.75) is 25.7 Å². The van der Waals surface area contributed by atoms with E-state index in [0.29, 0.717) is 12.4 Å². The third-order valence-electron chi connectivity index (χ3n) is 2.82. The third kappa shape index (κ3) is 2.87. The summed E-state index contributed by atoms with van der Waals surface area (Å²) < 4.78 is 5.55. The first-order valence-corrected chi connectivity index (χ1v) is 5.93. The van der Waals surface area contributed by atoms with Crippen molar-refractivity contribution in [1.29, 1.82) is 0 Å². The van der Waals surface area contributed by atoms with Crippen LogP contribution in [0.2, 0.25) is 0 Å². The Morgan fingerprint density at radius 2 is 2.06 bits per heavy atom. The first kappa shape index (κ1) is 11.7. The molecule has 0 bridgehead atoms. The summed E-state index contributed by atoms with van der Waals surface area (Å²) in [4.78, 5) is 10.5. The van der Waals surface area contributed by atoms with Gasteiger partial charge in [-0.25, -0.2) is 0 Å². The minimum absolute atomic E-state index is 0.0376. The minimum atomic E-state index is -0.397. The molecule has 1 aromatic carbocycles. The highest BCUT2D eigenvalue weighted by molar-refractivity contribution is 5.66. The van der Waals surface area contributed by atoms with E-state index in [9.17, 15) is 10.1 Å². The zero-order chi connectivity index (χ0) is 12.1. The molecule has 5 nitrogen and oxygen atoms in total. The van der Waals surface area contributed by atoms with E-state index in [0.717, 1.165) is 31.5 Å². The Bertz CT molecular complexity index is 407. The first-order valence-electron chi connectivity index (χ1n) is 5.93. The van der Waals surface area contributed by atoms with Crippen LogP contribution in [0.5, 0.6) is 5.75 Å². The van der Waals surface area contributed by atoms with Crippen LogP contribution in [0.25, 0.3) is 0 Å². The number of rotatable bonds is 1. The zero-order valence-corrected chi connectivity index (χ0v) is 9.65. The maximum absolute atomic E-state index is 10.9. The number of nitro groups is 1. The van der Waals surface area contributed by atoms with Crippen molar-refractivity contribution in [2.75, 3.05) is 18.5 Å². The van der Waals surface area contributed by atoms with Crippen molar-refractivity contribution < 1.29 is 9.66 Å². The SMILES string of the molecule is O=[N+]([O-])c1cccc2c1OCCCCCCN2. The van der Waals surface area contributed by atoms with Gasteiger partial charge in [0.1, 0.15) is 0 Å². The molecule has 1 aromatic rings. The molecule has 2 rings (SSSR count). The van der Waals surface area contributed by atoms with Gasteiger partial charge < -0.3 is 10.1 Å². The van der Waals surface area contributed by atoms with Crippen LogP contribution in [0.3, 0.4) is 0 Å². The Kier molecular flexibility index (Phi) is 3.80. The molecule has 0 amide bonds. The second-order valence-electron chi connectivity index (χ2n) is 4.10. The lowest BCUT2D eigenvalue weighted by molar-refractivity contribution is -0.385. The molecule has 92 valence electrons. The highest BCUT2D eigenvalue weighted by Crippen LogP contribution is 2.35. The Hall–Kier alpha value is -1.78. The van der Waals surface area contributed by atoms with Gasteiger partial charge in [-0.1, -0.05) is 18.9 Å². The fraction of sp³-hybridized carbons (Fsp3) is 0.500. The van der Waals surface area contributed by atoms with Crippen LogP contribution in [0.15, 0.2) is 18.2 Å². The number of para-hydroxylation sites is 1. The van der Waals surface area contributed by atoms with E-state index in [-0.39, 0.29) is 5.69 Å². The molecular formula is C12H16N2O3. The third-order valence-corrected chi connectivity index (χ3v) is 2.82. The fourth-order valence-corrected chi connectivity index (χ4v) is 1.94. The largest absolute Gasteiger partial charge is 0.485 e. The monoisotopic (exact) mass is 236 g/mol. The quantitative estimate of drug-likeness (QED) is 0.601. The van der Waals surface area contributed by atoms with Crippen LogP contribution >= 0.6 is 0 Å². The molecule has 0 saturated heterocycles. The lowest BCUT2D eigenvalue weighted by Gasteiger charge is -2.15. The Morgan fingerprint density at radius 3 is 2.88 bits per heavy atom. The minimum Gasteiger partial charge on any atom is -0.485 e. The van der Waals surface area contributed by atoms with Gasteiger partial charge in [0.25, 0.3) is 0 Å². The van der Waals surface area contributed by atoms with E-state index in [1.807, 2.05) is 6.07 Å². The molecule has 0 radical (unpaired) electrons. The number of hydrogen-bond acceptors (Lipinski definition) is 4. The van der Waals surface area contributed by atoms with Crippen molar-refractivity contribution in [3.05, 3.63) is 28.3 Å². The standard InChI is InChI=1S/C12H16N2O3/c15-14(16)11-7-5-6-10-12(11)17-9-4-2-1-3-8-13-10/h5-7,13H,1-4,8-9H2.